The lowest BCUT2D eigenvalue weighted by Crippen LogP contribution is -2.19. The molecule has 0 amide bonds. The number of likely N-dealkylation sites (N-methyl/N-ethyl adjacent to an activating group) is 1. The first kappa shape index (κ1) is 19.1. The molecule has 8 heteroatoms. The van der Waals surface area contributed by atoms with E-state index in [1.807, 2.05) is 45.0 Å². The van der Waals surface area contributed by atoms with Gasteiger partial charge in [0.25, 0.3) is 5.88 Å². The van der Waals surface area contributed by atoms with Crippen molar-refractivity contribution < 1.29 is 14.6 Å². The number of aromatic nitrogens is 2. The summed E-state index contributed by atoms with van der Waals surface area (Å²) in [5.74, 6) is -0.346. The summed E-state index contributed by atoms with van der Waals surface area (Å²) in [6.45, 7) is 5.11. The molecule has 0 saturated heterocycles. The van der Waals surface area contributed by atoms with Crippen molar-refractivity contribution in [3.05, 3.63) is 46.3 Å². The number of hydrogen-bond acceptors (Lipinski definition) is 6. The van der Waals surface area contributed by atoms with E-state index >= 15 is 0 Å². The van der Waals surface area contributed by atoms with Crippen LogP contribution in [0, 0.1) is 13.8 Å². The highest BCUT2D eigenvalue weighted by molar-refractivity contribution is 6.47. The number of nitrogens with zero attached hydrogens (tertiary/aromatic N) is 4. The number of pyridine rings is 1. The lowest BCUT2D eigenvalue weighted by Gasteiger charge is -2.10. The smallest absolute Gasteiger partial charge is 0.260 e. The molecule has 0 fully saturated rings. The molecular weight excluding hydrogens is 368 g/mol. The van der Waals surface area contributed by atoms with Crippen LogP contribution < -0.4 is 4.74 Å². The zero-order valence-corrected chi connectivity index (χ0v) is 16.4. The Morgan fingerprint density at radius 3 is 2.74 bits per heavy atom. The second kappa shape index (κ2) is 7.54. The van der Waals surface area contributed by atoms with Crippen LogP contribution in [0.1, 0.15) is 11.3 Å². The van der Waals surface area contributed by atoms with E-state index in [0.29, 0.717) is 24.7 Å². The van der Waals surface area contributed by atoms with Gasteiger partial charge < -0.3 is 14.7 Å². The number of rotatable bonds is 5. The van der Waals surface area contributed by atoms with Crippen LogP contribution in [0.25, 0.3) is 5.52 Å². The Balaban J connectivity index is 2.12. The number of carbonyl (C=O) groups is 1. The molecule has 27 heavy (non-hydrogen) atoms. The zero-order chi connectivity index (χ0) is 19.7. The Labute approximate surface area is 162 Å². The zero-order valence-electron chi connectivity index (χ0n) is 15.7. The van der Waals surface area contributed by atoms with Crippen LogP contribution in [0.4, 0.5) is 5.69 Å². The first-order chi connectivity index (χ1) is 12.8. The maximum atomic E-state index is 11.6. The average Bonchev–Trinajstić information content (AvgIpc) is 2.94. The van der Waals surface area contributed by atoms with Crippen LogP contribution in [0.3, 0.4) is 0 Å². The Morgan fingerprint density at radius 1 is 1.30 bits per heavy atom. The number of allylic oxidation sites excluding steroid dienone is 3. The molecule has 3 rings (SSSR count). The van der Waals surface area contributed by atoms with Crippen molar-refractivity contribution in [2.45, 2.75) is 13.8 Å². The molecular formula is C19H21ClN4O3. The molecule has 0 radical (unpaired) electrons. The van der Waals surface area contributed by atoms with Gasteiger partial charge in [0.1, 0.15) is 18.1 Å². The number of ketones is 1. The van der Waals surface area contributed by atoms with Crippen molar-refractivity contribution in [3.8, 4) is 5.88 Å². The van der Waals surface area contributed by atoms with Crippen LogP contribution in [-0.4, -0.2) is 58.4 Å². The fourth-order valence-electron chi connectivity index (χ4n) is 2.57. The van der Waals surface area contributed by atoms with Gasteiger partial charge in [-0.3, -0.25) is 4.79 Å². The first-order valence-corrected chi connectivity index (χ1v) is 8.83. The summed E-state index contributed by atoms with van der Waals surface area (Å²) in [7, 11) is 3.91. The Morgan fingerprint density at radius 2 is 2.04 bits per heavy atom. The monoisotopic (exact) mass is 388 g/mol. The van der Waals surface area contributed by atoms with E-state index in [1.165, 1.54) is 6.08 Å². The van der Waals surface area contributed by atoms with E-state index in [9.17, 15) is 9.90 Å². The highest BCUT2D eigenvalue weighted by Gasteiger charge is 2.21. The molecule has 7 nitrogen and oxygen atoms in total. The molecule has 142 valence electrons. The molecule has 0 saturated carbocycles. The summed E-state index contributed by atoms with van der Waals surface area (Å²) in [6, 6.07) is 3.87. The number of hydrogen-bond donors (Lipinski definition) is 1. The van der Waals surface area contributed by atoms with Crippen molar-refractivity contribution in [2.24, 2.45) is 4.99 Å². The summed E-state index contributed by atoms with van der Waals surface area (Å²) in [6.07, 6.45) is 2.39. The molecule has 0 unspecified atom stereocenters. The maximum Gasteiger partial charge on any atom is 0.260 e. The highest BCUT2D eigenvalue weighted by atomic mass is 35.5. The van der Waals surface area contributed by atoms with E-state index in [-0.39, 0.29) is 16.5 Å². The largest absolute Gasteiger partial charge is 0.506 e. The van der Waals surface area contributed by atoms with Gasteiger partial charge in [-0.1, -0.05) is 17.7 Å². The molecule has 1 aliphatic rings. The highest BCUT2D eigenvalue weighted by Crippen LogP contribution is 2.34. The summed E-state index contributed by atoms with van der Waals surface area (Å²) >= 11 is 5.91. The van der Waals surface area contributed by atoms with Gasteiger partial charge in [0.2, 0.25) is 5.78 Å². The van der Waals surface area contributed by atoms with E-state index in [4.69, 9.17) is 16.3 Å². The predicted octanol–water partition coefficient (Wildman–Crippen LogP) is 3.11. The fourth-order valence-corrected chi connectivity index (χ4v) is 2.73. The molecule has 0 aliphatic heterocycles. The second-order valence-electron chi connectivity index (χ2n) is 6.59. The number of fused-ring (bicyclic) bond motifs is 1. The van der Waals surface area contributed by atoms with E-state index in [2.05, 4.69) is 10.1 Å². The van der Waals surface area contributed by atoms with Gasteiger partial charge in [0.05, 0.1) is 10.5 Å². The van der Waals surface area contributed by atoms with Gasteiger partial charge in [-0.05, 0) is 45.6 Å². The Hall–Kier alpha value is -2.64. The standard InChI is InChI=1S/C19H21ClN4O3/c1-11-5-6-15-18(21-14-9-13(20)16(25)10-17(14)26)19(22-24(15)12(11)2)27-8-7-23(3)4/h5-6,9-10,26H,7-8H2,1-4H3/b21-14+. The lowest BCUT2D eigenvalue weighted by molar-refractivity contribution is -0.110. The van der Waals surface area contributed by atoms with Crippen molar-refractivity contribution >= 4 is 34.3 Å². The number of aliphatic imine (C=N–C) groups is 1. The SMILES string of the molecule is Cc1ccc2c(/N=C3\C=C(Cl)C(=O)C=C3O)c(OCCN(C)C)nn2c1C. The number of aryl methyl sites for hydroxylation is 2. The van der Waals surface area contributed by atoms with Crippen LogP contribution in [-0.2, 0) is 4.79 Å². The van der Waals surface area contributed by atoms with E-state index in [0.717, 1.165) is 22.9 Å². The number of ether oxygens (including phenoxy) is 1. The molecule has 0 spiro atoms. The molecule has 2 aromatic heterocycles. The predicted molar refractivity (Wildman–Crippen MR) is 105 cm³/mol. The third-order valence-electron chi connectivity index (χ3n) is 4.28. The van der Waals surface area contributed by atoms with Crippen LogP contribution >= 0.6 is 11.6 Å². The second-order valence-corrected chi connectivity index (χ2v) is 6.99. The minimum Gasteiger partial charge on any atom is -0.506 e. The molecule has 0 aromatic carbocycles. The summed E-state index contributed by atoms with van der Waals surface area (Å²) in [4.78, 5) is 18.1. The van der Waals surface area contributed by atoms with Crippen molar-refractivity contribution in [2.75, 3.05) is 27.2 Å². The van der Waals surface area contributed by atoms with Crippen LogP contribution in [0.2, 0.25) is 0 Å². The number of aliphatic hydroxyl groups is 1. The van der Waals surface area contributed by atoms with Crippen LogP contribution in [0.5, 0.6) is 5.88 Å². The van der Waals surface area contributed by atoms with Gasteiger partial charge >= 0.3 is 0 Å². The summed E-state index contributed by atoms with van der Waals surface area (Å²) in [5.41, 5.74) is 3.44. The number of carbonyl (C=O) groups excluding carboxylic acids is 1. The third kappa shape index (κ3) is 3.89. The molecule has 1 aliphatic carbocycles. The van der Waals surface area contributed by atoms with Crippen molar-refractivity contribution in [1.82, 2.24) is 14.5 Å². The van der Waals surface area contributed by atoms with Gasteiger partial charge in [-0.2, -0.15) is 0 Å². The fraction of sp³-hybridized carbons (Fsp3) is 0.316. The quantitative estimate of drug-likeness (QED) is 0.796. The van der Waals surface area contributed by atoms with Crippen LogP contribution in [0.15, 0.2) is 40.1 Å². The van der Waals surface area contributed by atoms with E-state index in [1.54, 1.807) is 4.52 Å². The van der Waals surface area contributed by atoms with Crippen molar-refractivity contribution in [1.29, 1.82) is 0 Å². The number of aliphatic hydroxyl groups excluding tert-OH is 1. The number of halogens is 1. The summed E-state index contributed by atoms with van der Waals surface area (Å²) < 4.78 is 7.61. The molecule has 2 aromatic rings. The van der Waals surface area contributed by atoms with Gasteiger partial charge in [-0.25, -0.2) is 9.51 Å². The Bertz CT molecular complexity index is 1000. The topological polar surface area (TPSA) is 79.4 Å². The first-order valence-electron chi connectivity index (χ1n) is 8.45. The van der Waals surface area contributed by atoms with Gasteiger partial charge in [-0.15, -0.1) is 5.10 Å². The molecule has 0 bridgehead atoms. The minimum absolute atomic E-state index is 0.00914. The molecule has 2 heterocycles. The lowest BCUT2D eigenvalue weighted by atomic mass is 10.1. The molecule has 0 atom stereocenters. The van der Waals surface area contributed by atoms with Gasteiger partial charge in [0, 0.05) is 18.3 Å². The average molecular weight is 389 g/mol. The summed E-state index contributed by atoms with van der Waals surface area (Å²) in [5, 5.41) is 14.6. The van der Waals surface area contributed by atoms with Crippen molar-refractivity contribution in [3.63, 3.8) is 0 Å². The van der Waals surface area contributed by atoms with E-state index < -0.39 is 5.78 Å². The third-order valence-corrected chi connectivity index (χ3v) is 4.58. The normalized spacial score (nSPS) is 16.2. The maximum absolute atomic E-state index is 11.6. The molecule has 1 N–H and O–H groups in total. The minimum atomic E-state index is -0.457. The van der Waals surface area contributed by atoms with Gasteiger partial charge in [0.15, 0.2) is 5.69 Å². The Kier molecular flexibility index (Phi) is 5.34.